The molecule has 2 aromatic carbocycles. The number of aliphatic imine (C=N–C) groups is 1. The Hall–Kier alpha value is -3.35. The number of rotatable bonds is 2. The third-order valence-electron chi connectivity index (χ3n) is 4.20. The highest BCUT2D eigenvalue weighted by molar-refractivity contribution is 6.21. The van der Waals surface area contributed by atoms with E-state index in [1.807, 2.05) is 42.2 Å². The van der Waals surface area contributed by atoms with Crippen molar-refractivity contribution >= 4 is 28.6 Å². The van der Waals surface area contributed by atoms with E-state index in [9.17, 15) is 10.1 Å². The van der Waals surface area contributed by atoms with Gasteiger partial charge in [-0.05, 0) is 13.0 Å². The van der Waals surface area contributed by atoms with E-state index in [1.165, 1.54) is 6.07 Å². The van der Waals surface area contributed by atoms with Gasteiger partial charge in [0.05, 0.1) is 35.1 Å². The van der Waals surface area contributed by atoms with Gasteiger partial charge >= 0.3 is 0 Å². The zero-order chi connectivity index (χ0) is 17.4. The lowest BCUT2D eigenvalue weighted by Crippen LogP contribution is -2.38. The minimum atomic E-state index is -0.383. The number of hydrogen-bond donors (Lipinski definition) is 0. The summed E-state index contributed by atoms with van der Waals surface area (Å²) < 4.78 is 0. The summed E-state index contributed by atoms with van der Waals surface area (Å²) in [5, 5.41) is 19.7. The number of fused-ring (bicyclic) bond motifs is 3. The number of anilines is 1. The molecule has 7 nitrogen and oxygen atoms in total. The van der Waals surface area contributed by atoms with Gasteiger partial charge in [-0.25, -0.2) is 0 Å². The van der Waals surface area contributed by atoms with Crippen molar-refractivity contribution in [3.63, 3.8) is 0 Å². The predicted molar refractivity (Wildman–Crippen MR) is 97.9 cm³/mol. The summed E-state index contributed by atoms with van der Waals surface area (Å²) in [6.07, 6.45) is 0. The van der Waals surface area contributed by atoms with Gasteiger partial charge in [0.1, 0.15) is 0 Å². The fraction of sp³-hybridized carbons (Fsp3) is 0.167. The largest absolute Gasteiger partial charge is 0.320 e. The molecule has 0 amide bonds. The van der Waals surface area contributed by atoms with Gasteiger partial charge in [-0.3, -0.25) is 15.1 Å². The van der Waals surface area contributed by atoms with Crippen molar-refractivity contribution in [2.45, 2.75) is 6.92 Å². The Morgan fingerprint density at radius 3 is 2.68 bits per heavy atom. The lowest BCUT2D eigenvalue weighted by atomic mass is 9.99. The highest BCUT2D eigenvalue weighted by Gasteiger charge is 2.27. The Kier molecular flexibility index (Phi) is 3.61. The number of nitrogens with zero attached hydrogens (tertiary/aromatic N) is 5. The second-order valence-electron chi connectivity index (χ2n) is 5.93. The Labute approximate surface area is 144 Å². The number of non-ortho nitro benzene ring substituents is 1. The van der Waals surface area contributed by atoms with Crippen LogP contribution in [0, 0.1) is 10.1 Å². The average Bonchev–Trinajstić information content (AvgIpc) is 2.78. The van der Waals surface area contributed by atoms with Crippen LogP contribution in [-0.2, 0) is 0 Å². The van der Waals surface area contributed by atoms with Crippen LogP contribution in [0.3, 0.4) is 0 Å². The summed E-state index contributed by atoms with van der Waals surface area (Å²) in [5.74, 6) is 0.742. The summed E-state index contributed by atoms with van der Waals surface area (Å²) in [7, 11) is 0. The molecule has 0 atom stereocenters. The second-order valence-corrected chi connectivity index (χ2v) is 5.93. The number of nitro benzene ring substituents is 1. The standard InChI is InChI=1S/C18H15N5O2/c1-12-11-22-16-8-7-14(23(24)25)9-15(16)18(13-5-3-2-4-6-13)19-10-17(22)21-20-12/h2-9H,10-11H2,1H3. The highest BCUT2D eigenvalue weighted by atomic mass is 16.6. The molecule has 0 bridgehead atoms. The van der Waals surface area contributed by atoms with Crippen molar-refractivity contribution in [2.24, 2.45) is 15.2 Å². The maximum absolute atomic E-state index is 11.3. The van der Waals surface area contributed by atoms with E-state index < -0.39 is 0 Å². The molecule has 4 rings (SSSR count). The van der Waals surface area contributed by atoms with Crippen molar-refractivity contribution in [1.29, 1.82) is 0 Å². The number of benzene rings is 2. The van der Waals surface area contributed by atoms with Crippen LogP contribution < -0.4 is 4.90 Å². The zero-order valence-corrected chi connectivity index (χ0v) is 13.6. The molecular weight excluding hydrogens is 318 g/mol. The van der Waals surface area contributed by atoms with Crippen LogP contribution in [0.4, 0.5) is 11.4 Å². The van der Waals surface area contributed by atoms with Gasteiger partial charge in [0.15, 0.2) is 5.84 Å². The van der Waals surface area contributed by atoms with Gasteiger partial charge < -0.3 is 4.90 Å². The van der Waals surface area contributed by atoms with E-state index in [4.69, 9.17) is 4.99 Å². The first-order valence-corrected chi connectivity index (χ1v) is 7.90. The van der Waals surface area contributed by atoms with Crippen LogP contribution in [0.5, 0.6) is 0 Å². The molecule has 0 radical (unpaired) electrons. The number of nitro groups is 1. The fourth-order valence-corrected chi connectivity index (χ4v) is 3.03. The molecule has 0 N–H and O–H groups in total. The normalized spacial score (nSPS) is 16.0. The van der Waals surface area contributed by atoms with Crippen LogP contribution >= 0.6 is 0 Å². The Morgan fingerprint density at radius 2 is 1.92 bits per heavy atom. The molecule has 0 aromatic heterocycles. The SMILES string of the molecule is CC1=NN=C2CN=C(c3ccccc3)c3cc([N+](=O)[O-])ccc3N2C1. The third kappa shape index (κ3) is 2.69. The lowest BCUT2D eigenvalue weighted by molar-refractivity contribution is -0.384. The predicted octanol–water partition coefficient (Wildman–Crippen LogP) is 3.04. The summed E-state index contributed by atoms with van der Waals surface area (Å²) in [5.41, 5.74) is 4.18. The van der Waals surface area contributed by atoms with Crippen molar-refractivity contribution in [3.05, 3.63) is 69.8 Å². The second kappa shape index (κ2) is 5.94. The molecule has 2 heterocycles. The van der Waals surface area contributed by atoms with E-state index in [1.54, 1.807) is 12.1 Å². The molecule has 124 valence electrons. The monoisotopic (exact) mass is 333 g/mol. The summed E-state index contributed by atoms with van der Waals surface area (Å²) in [4.78, 5) is 17.6. The smallest absolute Gasteiger partial charge is 0.270 e. The van der Waals surface area contributed by atoms with E-state index in [-0.39, 0.29) is 10.6 Å². The van der Waals surface area contributed by atoms with Gasteiger partial charge in [-0.15, -0.1) is 5.10 Å². The topological polar surface area (TPSA) is 83.5 Å². The molecule has 0 aliphatic carbocycles. The molecule has 0 unspecified atom stereocenters. The highest BCUT2D eigenvalue weighted by Crippen LogP contribution is 2.31. The van der Waals surface area contributed by atoms with Gasteiger partial charge in [0, 0.05) is 23.3 Å². The zero-order valence-electron chi connectivity index (χ0n) is 13.6. The van der Waals surface area contributed by atoms with Crippen LogP contribution in [0.25, 0.3) is 0 Å². The first-order valence-electron chi connectivity index (χ1n) is 7.90. The van der Waals surface area contributed by atoms with Gasteiger partial charge in [-0.1, -0.05) is 30.3 Å². The van der Waals surface area contributed by atoms with E-state index >= 15 is 0 Å². The van der Waals surface area contributed by atoms with Gasteiger partial charge in [0.25, 0.3) is 5.69 Å². The Balaban J connectivity index is 1.94. The number of hydrogen-bond acceptors (Lipinski definition) is 6. The molecule has 0 fully saturated rings. The summed E-state index contributed by atoms with van der Waals surface area (Å²) in [6, 6.07) is 14.6. The molecule has 0 spiro atoms. The van der Waals surface area contributed by atoms with Crippen molar-refractivity contribution < 1.29 is 4.92 Å². The van der Waals surface area contributed by atoms with Crippen LogP contribution in [0.15, 0.2) is 63.7 Å². The van der Waals surface area contributed by atoms with E-state index in [2.05, 4.69) is 10.2 Å². The molecule has 2 aliphatic rings. The summed E-state index contributed by atoms with van der Waals surface area (Å²) in [6.45, 7) is 2.89. The Bertz CT molecular complexity index is 947. The minimum Gasteiger partial charge on any atom is -0.320 e. The van der Waals surface area contributed by atoms with Crippen molar-refractivity contribution in [3.8, 4) is 0 Å². The third-order valence-corrected chi connectivity index (χ3v) is 4.20. The maximum Gasteiger partial charge on any atom is 0.270 e. The van der Waals surface area contributed by atoms with Crippen LogP contribution in [0.2, 0.25) is 0 Å². The van der Waals surface area contributed by atoms with Crippen LogP contribution in [-0.4, -0.2) is 35.3 Å². The quantitative estimate of drug-likeness (QED) is 0.625. The molecule has 0 saturated carbocycles. The van der Waals surface area contributed by atoms with Crippen molar-refractivity contribution in [2.75, 3.05) is 18.0 Å². The minimum absolute atomic E-state index is 0.0465. The first-order chi connectivity index (χ1) is 12.1. The molecule has 7 heteroatoms. The first kappa shape index (κ1) is 15.2. The van der Waals surface area contributed by atoms with Gasteiger partial charge in [-0.2, -0.15) is 5.10 Å². The number of amidine groups is 1. The molecule has 2 aliphatic heterocycles. The lowest BCUT2D eigenvalue weighted by Gasteiger charge is -2.27. The fourth-order valence-electron chi connectivity index (χ4n) is 3.03. The van der Waals surface area contributed by atoms with Crippen molar-refractivity contribution in [1.82, 2.24) is 0 Å². The Morgan fingerprint density at radius 1 is 1.12 bits per heavy atom. The molecular formula is C18H15N5O2. The van der Waals surface area contributed by atoms with E-state index in [0.29, 0.717) is 13.1 Å². The summed E-state index contributed by atoms with van der Waals surface area (Å²) >= 11 is 0. The molecule has 0 saturated heterocycles. The average molecular weight is 333 g/mol. The van der Waals surface area contributed by atoms with E-state index in [0.717, 1.165) is 34.1 Å². The van der Waals surface area contributed by atoms with Crippen LogP contribution in [0.1, 0.15) is 18.1 Å². The van der Waals surface area contributed by atoms with Gasteiger partial charge in [0.2, 0.25) is 0 Å². The molecule has 2 aromatic rings. The maximum atomic E-state index is 11.3. The molecule has 25 heavy (non-hydrogen) atoms.